The van der Waals surface area contributed by atoms with Gasteiger partial charge in [0.25, 0.3) is 5.56 Å². The van der Waals surface area contributed by atoms with Crippen LogP contribution in [0.5, 0.6) is 0 Å². The number of nitrogens with one attached hydrogen (secondary N) is 1. The lowest BCUT2D eigenvalue weighted by Crippen LogP contribution is -2.36. The van der Waals surface area contributed by atoms with E-state index in [9.17, 15) is 4.79 Å². The molecular weight excluding hydrogens is 382 g/mol. The first-order chi connectivity index (χ1) is 14.2. The number of aromatic amines is 1. The van der Waals surface area contributed by atoms with Crippen LogP contribution in [0.25, 0.3) is 22.0 Å². The quantitative estimate of drug-likeness (QED) is 0.675. The fourth-order valence-corrected chi connectivity index (χ4v) is 4.58. The summed E-state index contributed by atoms with van der Waals surface area (Å²) in [5.74, 6) is 0.649. The number of para-hydroxylation sites is 1. The molecular formula is C24H22ClN3O. The first-order valence-electron chi connectivity index (χ1n) is 10.1. The molecule has 2 aromatic carbocycles. The van der Waals surface area contributed by atoms with E-state index in [2.05, 4.69) is 57.4 Å². The Labute approximate surface area is 174 Å². The molecule has 2 aliphatic rings. The molecule has 1 aliphatic heterocycles. The Morgan fingerprint density at radius 2 is 1.90 bits per heavy atom. The molecule has 0 amide bonds. The van der Waals surface area contributed by atoms with Crippen molar-refractivity contribution >= 4 is 33.7 Å². The zero-order chi connectivity index (χ0) is 19.8. The van der Waals surface area contributed by atoms with Crippen molar-refractivity contribution in [2.24, 2.45) is 0 Å². The van der Waals surface area contributed by atoms with E-state index in [1.165, 1.54) is 11.1 Å². The molecule has 1 N–H and O–H groups in total. The zero-order valence-corrected chi connectivity index (χ0v) is 16.8. The van der Waals surface area contributed by atoms with Gasteiger partial charge in [0.2, 0.25) is 0 Å². The molecule has 4 nitrogen and oxygen atoms in total. The van der Waals surface area contributed by atoms with E-state index in [0.717, 1.165) is 37.9 Å². The average molecular weight is 404 g/mol. The van der Waals surface area contributed by atoms with Crippen LogP contribution in [-0.4, -0.2) is 34.0 Å². The highest BCUT2D eigenvalue weighted by molar-refractivity contribution is 6.35. The van der Waals surface area contributed by atoms with Gasteiger partial charge in [-0.1, -0.05) is 60.2 Å². The summed E-state index contributed by atoms with van der Waals surface area (Å²) in [5, 5.41) is 1.05. The molecule has 146 valence electrons. The number of benzene rings is 2. The van der Waals surface area contributed by atoms with Crippen LogP contribution in [0.4, 0.5) is 0 Å². The van der Waals surface area contributed by atoms with Gasteiger partial charge >= 0.3 is 0 Å². The highest BCUT2D eigenvalue weighted by Gasteiger charge is 2.26. The van der Waals surface area contributed by atoms with Crippen LogP contribution in [0.1, 0.15) is 30.7 Å². The molecule has 0 saturated carbocycles. The number of hydrogen-bond acceptors (Lipinski definition) is 3. The molecule has 1 aliphatic carbocycles. The van der Waals surface area contributed by atoms with Gasteiger partial charge in [0, 0.05) is 19.1 Å². The minimum Gasteiger partial charge on any atom is -0.306 e. The highest BCUT2D eigenvalue weighted by atomic mass is 35.5. The number of rotatable bonds is 3. The molecule has 5 rings (SSSR count). The molecule has 0 unspecified atom stereocenters. The third-order valence-electron chi connectivity index (χ3n) is 5.95. The number of aromatic nitrogens is 2. The van der Waals surface area contributed by atoms with Crippen LogP contribution < -0.4 is 5.56 Å². The van der Waals surface area contributed by atoms with Gasteiger partial charge in [-0.05, 0) is 48.1 Å². The maximum absolute atomic E-state index is 12.5. The Morgan fingerprint density at radius 3 is 2.69 bits per heavy atom. The van der Waals surface area contributed by atoms with Crippen LogP contribution in [0.2, 0.25) is 5.02 Å². The van der Waals surface area contributed by atoms with Crippen molar-refractivity contribution < 1.29 is 0 Å². The second-order valence-electron chi connectivity index (χ2n) is 7.69. The predicted octanol–water partition coefficient (Wildman–Crippen LogP) is 4.91. The lowest BCUT2D eigenvalue weighted by Gasteiger charge is -2.30. The Morgan fingerprint density at radius 1 is 1.03 bits per heavy atom. The molecule has 2 heterocycles. The van der Waals surface area contributed by atoms with Crippen molar-refractivity contribution in [1.29, 1.82) is 0 Å². The molecule has 0 bridgehead atoms. The SMILES string of the molecule is O=c1[nH]c(C2=C[C@H](N3CC=C(c4ccccc4)CC3)CC2)nc2c(Cl)cccc12. The number of fused-ring (bicyclic) bond motifs is 1. The smallest absolute Gasteiger partial charge is 0.259 e. The summed E-state index contributed by atoms with van der Waals surface area (Å²) < 4.78 is 0. The second kappa shape index (κ2) is 7.62. The van der Waals surface area contributed by atoms with E-state index >= 15 is 0 Å². The Hall–Kier alpha value is -2.69. The molecule has 3 aromatic rings. The number of halogens is 1. The topological polar surface area (TPSA) is 49.0 Å². The van der Waals surface area contributed by atoms with Crippen LogP contribution >= 0.6 is 11.6 Å². The van der Waals surface area contributed by atoms with Crippen molar-refractivity contribution in [2.45, 2.75) is 25.3 Å². The Bertz CT molecular complexity index is 1180. The molecule has 1 aromatic heterocycles. The summed E-state index contributed by atoms with van der Waals surface area (Å²) in [6.45, 7) is 1.99. The highest BCUT2D eigenvalue weighted by Crippen LogP contribution is 2.32. The van der Waals surface area contributed by atoms with Crippen LogP contribution in [0, 0.1) is 0 Å². The third-order valence-corrected chi connectivity index (χ3v) is 6.25. The average Bonchev–Trinajstić information content (AvgIpc) is 3.25. The van der Waals surface area contributed by atoms with Crippen LogP contribution in [0.3, 0.4) is 0 Å². The first-order valence-corrected chi connectivity index (χ1v) is 10.4. The summed E-state index contributed by atoms with van der Waals surface area (Å²) in [6.07, 6.45) is 7.64. The molecule has 0 saturated heterocycles. The maximum atomic E-state index is 12.5. The van der Waals surface area contributed by atoms with Crippen molar-refractivity contribution in [3.05, 3.63) is 87.4 Å². The standard InChI is InChI=1S/C24H22ClN3O/c25-21-8-4-7-20-22(21)26-23(27-24(20)29)18-9-10-19(15-18)28-13-11-17(12-14-28)16-5-2-1-3-6-16/h1-8,11,15,19H,9-10,12-14H2,(H,26,27,29)/t19-/m1/s1. The summed E-state index contributed by atoms with van der Waals surface area (Å²) in [6, 6.07) is 16.3. The van der Waals surface area contributed by atoms with Gasteiger partial charge < -0.3 is 4.98 Å². The number of nitrogens with zero attached hydrogens (tertiary/aromatic N) is 2. The Balaban J connectivity index is 1.38. The largest absolute Gasteiger partial charge is 0.306 e. The fourth-order valence-electron chi connectivity index (χ4n) is 4.37. The second-order valence-corrected chi connectivity index (χ2v) is 8.10. The van der Waals surface area contributed by atoms with E-state index in [1.54, 1.807) is 18.2 Å². The van der Waals surface area contributed by atoms with Gasteiger partial charge in [0.1, 0.15) is 5.82 Å². The van der Waals surface area contributed by atoms with Gasteiger partial charge in [-0.3, -0.25) is 9.69 Å². The summed E-state index contributed by atoms with van der Waals surface area (Å²) in [5.41, 5.74) is 4.30. The minimum absolute atomic E-state index is 0.134. The lowest BCUT2D eigenvalue weighted by atomic mass is 9.98. The van der Waals surface area contributed by atoms with Gasteiger partial charge in [-0.2, -0.15) is 0 Å². The molecule has 5 heteroatoms. The maximum Gasteiger partial charge on any atom is 0.259 e. The zero-order valence-electron chi connectivity index (χ0n) is 16.1. The van der Waals surface area contributed by atoms with Crippen molar-refractivity contribution in [3.63, 3.8) is 0 Å². The van der Waals surface area contributed by atoms with Gasteiger partial charge in [0.15, 0.2) is 0 Å². The number of H-pyrrole nitrogens is 1. The third kappa shape index (κ3) is 3.54. The molecule has 29 heavy (non-hydrogen) atoms. The summed E-state index contributed by atoms with van der Waals surface area (Å²) in [4.78, 5) is 22.6. The normalized spacial score (nSPS) is 20.0. The number of hydrogen-bond donors (Lipinski definition) is 1. The van der Waals surface area contributed by atoms with Crippen molar-refractivity contribution in [2.75, 3.05) is 13.1 Å². The minimum atomic E-state index is -0.134. The van der Waals surface area contributed by atoms with E-state index in [4.69, 9.17) is 11.6 Å². The van der Waals surface area contributed by atoms with Crippen molar-refractivity contribution in [3.8, 4) is 0 Å². The van der Waals surface area contributed by atoms with E-state index in [0.29, 0.717) is 27.8 Å². The lowest BCUT2D eigenvalue weighted by molar-refractivity contribution is 0.250. The number of allylic oxidation sites excluding steroid dienone is 1. The van der Waals surface area contributed by atoms with Gasteiger partial charge in [-0.25, -0.2) is 4.98 Å². The van der Waals surface area contributed by atoms with E-state index < -0.39 is 0 Å². The fraction of sp³-hybridized carbons (Fsp3) is 0.250. The monoisotopic (exact) mass is 403 g/mol. The molecule has 0 radical (unpaired) electrons. The van der Waals surface area contributed by atoms with Gasteiger partial charge in [-0.15, -0.1) is 0 Å². The van der Waals surface area contributed by atoms with Crippen LogP contribution in [-0.2, 0) is 0 Å². The molecule has 0 spiro atoms. The predicted molar refractivity (Wildman–Crippen MR) is 119 cm³/mol. The molecule has 1 atom stereocenters. The molecule has 0 fully saturated rings. The summed E-state index contributed by atoms with van der Waals surface area (Å²) >= 11 is 6.27. The first kappa shape index (κ1) is 18.3. The van der Waals surface area contributed by atoms with E-state index in [-0.39, 0.29) is 5.56 Å². The van der Waals surface area contributed by atoms with Crippen LogP contribution in [0.15, 0.2) is 65.5 Å². The summed E-state index contributed by atoms with van der Waals surface area (Å²) in [7, 11) is 0. The van der Waals surface area contributed by atoms with Gasteiger partial charge in [0.05, 0.1) is 15.9 Å². The van der Waals surface area contributed by atoms with E-state index in [1.807, 2.05) is 0 Å². The Kier molecular flexibility index (Phi) is 4.82. The van der Waals surface area contributed by atoms with Crippen molar-refractivity contribution in [1.82, 2.24) is 14.9 Å².